The highest BCUT2D eigenvalue weighted by molar-refractivity contribution is 5.95. The molecule has 3 aromatic rings. The molecule has 0 aliphatic carbocycles. The second-order valence-corrected chi connectivity index (χ2v) is 6.90. The molecule has 0 atom stereocenters. The third-order valence-electron chi connectivity index (χ3n) is 4.44. The molecule has 0 aliphatic rings. The summed E-state index contributed by atoms with van der Waals surface area (Å²) in [6.45, 7) is 7.66. The van der Waals surface area contributed by atoms with E-state index in [0.717, 1.165) is 5.56 Å². The van der Waals surface area contributed by atoms with E-state index in [9.17, 15) is 14.7 Å². The molecule has 170 valence electrons. The summed E-state index contributed by atoms with van der Waals surface area (Å²) in [5, 5.41) is 9.37. The van der Waals surface area contributed by atoms with Crippen LogP contribution in [0.2, 0.25) is 0 Å². The molecule has 0 spiro atoms. The molecule has 0 radical (unpaired) electrons. The van der Waals surface area contributed by atoms with Gasteiger partial charge in [0, 0.05) is 18.8 Å². The Balaban J connectivity index is 0.00000176. The van der Waals surface area contributed by atoms with E-state index >= 15 is 0 Å². The van der Waals surface area contributed by atoms with Crippen molar-refractivity contribution in [1.29, 1.82) is 0 Å². The number of hydrogen-bond donors (Lipinski definition) is 2. The predicted molar refractivity (Wildman–Crippen MR) is 123 cm³/mol. The van der Waals surface area contributed by atoms with E-state index in [2.05, 4.69) is 15.0 Å². The molecule has 0 aliphatic heterocycles. The number of H-pyrrole nitrogens is 1. The maximum absolute atomic E-state index is 13.2. The van der Waals surface area contributed by atoms with Gasteiger partial charge in [0.2, 0.25) is 5.75 Å². The first-order valence-electron chi connectivity index (χ1n) is 10.7. The van der Waals surface area contributed by atoms with Crippen LogP contribution in [0.15, 0.2) is 59.5 Å². The zero-order valence-electron chi connectivity index (χ0n) is 18.9. The third kappa shape index (κ3) is 6.24. The molecule has 2 aromatic heterocycles. The van der Waals surface area contributed by atoms with Crippen LogP contribution >= 0.6 is 0 Å². The number of hydrogen-bond acceptors (Lipinski definition) is 6. The number of nitrogens with one attached hydrogen (secondary N) is 1. The average molecular weight is 439 g/mol. The van der Waals surface area contributed by atoms with Gasteiger partial charge in [0.25, 0.3) is 11.5 Å². The molecule has 1 aromatic carbocycles. The Hall–Kier alpha value is -3.52. The SMILES string of the molecule is CC.CC(C)N(CCO)C(=O)c1nc(-c2ccccn2)[nH]c(=O)c1OCc1ccccc1. The van der Waals surface area contributed by atoms with E-state index < -0.39 is 11.5 Å². The predicted octanol–water partition coefficient (Wildman–Crippen LogP) is 3.28. The van der Waals surface area contributed by atoms with Gasteiger partial charge in [0.15, 0.2) is 11.5 Å². The highest BCUT2D eigenvalue weighted by Crippen LogP contribution is 2.20. The Morgan fingerprint density at radius 1 is 1.12 bits per heavy atom. The zero-order valence-corrected chi connectivity index (χ0v) is 18.9. The van der Waals surface area contributed by atoms with Crippen molar-refractivity contribution in [3.05, 3.63) is 76.3 Å². The van der Waals surface area contributed by atoms with Crippen molar-refractivity contribution in [2.24, 2.45) is 0 Å². The molecule has 0 fully saturated rings. The van der Waals surface area contributed by atoms with Gasteiger partial charge in [-0.2, -0.15) is 0 Å². The van der Waals surface area contributed by atoms with Crippen molar-refractivity contribution < 1.29 is 14.6 Å². The quantitative estimate of drug-likeness (QED) is 0.559. The van der Waals surface area contributed by atoms with E-state index in [1.807, 2.05) is 58.0 Å². The third-order valence-corrected chi connectivity index (χ3v) is 4.44. The van der Waals surface area contributed by atoms with Crippen molar-refractivity contribution in [2.75, 3.05) is 13.2 Å². The number of aromatic amines is 1. The second-order valence-electron chi connectivity index (χ2n) is 6.90. The van der Waals surface area contributed by atoms with Crippen LogP contribution in [0.5, 0.6) is 5.75 Å². The Labute approximate surface area is 187 Å². The summed E-state index contributed by atoms with van der Waals surface area (Å²) in [5.41, 5.74) is 0.590. The van der Waals surface area contributed by atoms with Gasteiger partial charge in [-0.05, 0) is 31.5 Å². The van der Waals surface area contributed by atoms with Gasteiger partial charge in [-0.1, -0.05) is 50.2 Å². The summed E-state index contributed by atoms with van der Waals surface area (Å²) in [7, 11) is 0. The Kier molecular flexibility index (Phi) is 9.56. The molecule has 8 heteroatoms. The minimum absolute atomic E-state index is 0.108. The molecule has 0 unspecified atom stereocenters. The van der Waals surface area contributed by atoms with Crippen LogP contribution in [0.3, 0.4) is 0 Å². The van der Waals surface area contributed by atoms with Crippen molar-refractivity contribution in [2.45, 2.75) is 40.3 Å². The van der Waals surface area contributed by atoms with Gasteiger partial charge in [-0.15, -0.1) is 0 Å². The van der Waals surface area contributed by atoms with E-state index in [1.165, 1.54) is 4.90 Å². The first-order valence-corrected chi connectivity index (χ1v) is 10.7. The number of rotatable bonds is 8. The van der Waals surface area contributed by atoms with E-state index in [-0.39, 0.29) is 43.1 Å². The largest absolute Gasteiger partial charge is 0.481 e. The number of aliphatic hydroxyl groups is 1. The lowest BCUT2D eigenvalue weighted by Crippen LogP contribution is -2.40. The Morgan fingerprint density at radius 2 is 1.81 bits per heavy atom. The number of carbonyl (C=O) groups excluding carboxylic acids is 1. The molecular formula is C24H30N4O4. The number of amides is 1. The van der Waals surface area contributed by atoms with Crippen LogP contribution in [0.1, 0.15) is 43.7 Å². The number of aromatic nitrogens is 3. The minimum atomic E-state index is -0.572. The molecular weight excluding hydrogens is 408 g/mol. The maximum Gasteiger partial charge on any atom is 0.294 e. The Bertz CT molecular complexity index is 1040. The van der Waals surface area contributed by atoms with E-state index in [0.29, 0.717) is 5.69 Å². The lowest BCUT2D eigenvalue weighted by Gasteiger charge is -2.26. The molecule has 8 nitrogen and oxygen atoms in total. The summed E-state index contributed by atoms with van der Waals surface area (Å²) in [6, 6.07) is 14.3. The lowest BCUT2D eigenvalue weighted by atomic mass is 10.2. The highest BCUT2D eigenvalue weighted by Gasteiger charge is 2.27. The molecule has 3 rings (SSSR count). The molecule has 1 amide bonds. The van der Waals surface area contributed by atoms with Crippen molar-refractivity contribution in [3.8, 4) is 17.3 Å². The smallest absolute Gasteiger partial charge is 0.294 e. The first-order chi connectivity index (χ1) is 15.5. The fourth-order valence-corrected chi connectivity index (χ4v) is 2.93. The monoisotopic (exact) mass is 438 g/mol. The summed E-state index contributed by atoms with van der Waals surface area (Å²) in [5.74, 6) is -0.485. The number of pyridine rings is 1. The molecule has 0 saturated heterocycles. The van der Waals surface area contributed by atoms with Crippen LogP contribution in [-0.2, 0) is 6.61 Å². The highest BCUT2D eigenvalue weighted by atomic mass is 16.5. The molecule has 2 N–H and O–H groups in total. The summed E-state index contributed by atoms with van der Waals surface area (Å²) in [6.07, 6.45) is 1.57. The minimum Gasteiger partial charge on any atom is -0.481 e. The zero-order chi connectivity index (χ0) is 23.5. The topological polar surface area (TPSA) is 108 Å². The summed E-state index contributed by atoms with van der Waals surface area (Å²) >= 11 is 0. The van der Waals surface area contributed by atoms with Gasteiger partial charge >= 0.3 is 0 Å². The van der Waals surface area contributed by atoms with E-state index in [1.54, 1.807) is 24.4 Å². The van der Waals surface area contributed by atoms with Crippen molar-refractivity contribution in [1.82, 2.24) is 19.9 Å². The average Bonchev–Trinajstić information content (AvgIpc) is 2.83. The lowest BCUT2D eigenvalue weighted by molar-refractivity contribution is 0.0653. The number of nitrogens with zero attached hydrogens (tertiary/aromatic N) is 3. The van der Waals surface area contributed by atoms with Crippen LogP contribution in [0.4, 0.5) is 0 Å². The van der Waals surface area contributed by atoms with Gasteiger partial charge in [0.05, 0.1) is 6.61 Å². The molecule has 0 saturated carbocycles. The number of benzene rings is 1. The normalized spacial score (nSPS) is 10.3. The maximum atomic E-state index is 13.2. The fourth-order valence-electron chi connectivity index (χ4n) is 2.93. The first kappa shape index (κ1) is 24.7. The molecule has 0 bridgehead atoms. The van der Waals surface area contributed by atoms with Crippen LogP contribution in [0, 0.1) is 0 Å². The number of carbonyl (C=O) groups is 1. The number of aliphatic hydroxyl groups excluding tert-OH is 1. The molecule has 32 heavy (non-hydrogen) atoms. The van der Waals surface area contributed by atoms with Crippen molar-refractivity contribution >= 4 is 5.91 Å². The summed E-state index contributed by atoms with van der Waals surface area (Å²) < 4.78 is 5.74. The van der Waals surface area contributed by atoms with Crippen LogP contribution in [-0.4, -0.2) is 50.1 Å². The van der Waals surface area contributed by atoms with Crippen LogP contribution in [0.25, 0.3) is 11.5 Å². The summed E-state index contributed by atoms with van der Waals surface area (Å²) in [4.78, 5) is 38.8. The van der Waals surface area contributed by atoms with Gasteiger partial charge in [-0.3, -0.25) is 14.6 Å². The Morgan fingerprint density at radius 3 is 2.41 bits per heavy atom. The van der Waals surface area contributed by atoms with Gasteiger partial charge < -0.3 is 19.7 Å². The van der Waals surface area contributed by atoms with Gasteiger partial charge in [-0.25, -0.2) is 4.98 Å². The number of ether oxygens (including phenoxy) is 1. The van der Waals surface area contributed by atoms with Crippen molar-refractivity contribution in [3.63, 3.8) is 0 Å². The molecule has 2 heterocycles. The fraction of sp³-hybridized carbons (Fsp3) is 0.333. The van der Waals surface area contributed by atoms with E-state index in [4.69, 9.17) is 4.74 Å². The van der Waals surface area contributed by atoms with Gasteiger partial charge in [0.1, 0.15) is 12.3 Å². The second kappa shape index (κ2) is 12.4. The standard InChI is InChI=1S/C22H24N4O4.C2H6/c1-15(2)26(12-13-27)22(29)18-19(30-14-16-8-4-3-5-9-16)21(28)25-20(24-18)17-10-6-7-11-23-17;1-2/h3-11,15,27H,12-14H2,1-2H3,(H,24,25,28);1-2H3. The van der Waals surface area contributed by atoms with Crippen LogP contribution < -0.4 is 10.3 Å².